The van der Waals surface area contributed by atoms with Gasteiger partial charge in [-0.05, 0) is 19.1 Å². The van der Waals surface area contributed by atoms with E-state index in [-0.39, 0.29) is 5.91 Å². The molecule has 1 aliphatic rings. The van der Waals surface area contributed by atoms with Crippen molar-refractivity contribution in [3.05, 3.63) is 29.8 Å². The Morgan fingerprint density at radius 2 is 2.33 bits per heavy atom. The Balaban J connectivity index is 2.18. The fourth-order valence-electron chi connectivity index (χ4n) is 1.45. The predicted octanol–water partition coefficient (Wildman–Crippen LogP) is 2.28. The summed E-state index contributed by atoms with van der Waals surface area (Å²) in [6, 6.07) is 7.53. The van der Waals surface area contributed by atoms with Gasteiger partial charge in [0.15, 0.2) is 4.32 Å². The van der Waals surface area contributed by atoms with E-state index in [1.807, 2.05) is 31.2 Å². The molecule has 0 aromatic heterocycles. The summed E-state index contributed by atoms with van der Waals surface area (Å²) in [4.78, 5) is 11.5. The van der Waals surface area contributed by atoms with E-state index >= 15 is 0 Å². The molecule has 0 N–H and O–H groups in total. The predicted molar refractivity (Wildman–Crippen MR) is 77.1 cm³/mol. The molecule has 0 spiro atoms. The minimum Gasteiger partial charge on any atom is -0.493 e. The van der Waals surface area contributed by atoms with Gasteiger partial charge in [-0.15, -0.1) is 0 Å². The Bertz CT molecular complexity index is 487. The maximum Gasteiger partial charge on any atom is 0.259 e. The van der Waals surface area contributed by atoms with E-state index in [9.17, 15) is 4.79 Å². The van der Waals surface area contributed by atoms with Crippen LogP contribution in [0.15, 0.2) is 29.4 Å². The number of para-hydroxylation sites is 1. The number of thioether (sulfide) groups is 1. The molecule has 1 aromatic carbocycles. The van der Waals surface area contributed by atoms with Crippen molar-refractivity contribution in [2.75, 3.05) is 12.4 Å². The SMILES string of the molecule is CCOc1ccccc1/C=N/N1C(=O)CSC1=S. The number of hydrogen-bond acceptors (Lipinski definition) is 5. The van der Waals surface area contributed by atoms with Crippen LogP contribution in [-0.4, -0.2) is 33.8 Å². The summed E-state index contributed by atoms with van der Waals surface area (Å²) in [6.07, 6.45) is 1.60. The van der Waals surface area contributed by atoms with Crippen LogP contribution in [0.2, 0.25) is 0 Å². The van der Waals surface area contributed by atoms with Crippen LogP contribution in [0.25, 0.3) is 0 Å². The Morgan fingerprint density at radius 1 is 1.56 bits per heavy atom. The monoisotopic (exact) mass is 280 g/mol. The average Bonchev–Trinajstić information content (AvgIpc) is 2.69. The van der Waals surface area contributed by atoms with E-state index in [4.69, 9.17) is 17.0 Å². The van der Waals surface area contributed by atoms with Gasteiger partial charge in [-0.2, -0.15) is 10.1 Å². The molecule has 0 bridgehead atoms. The van der Waals surface area contributed by atoms with Gasteiger partial charge in [-0.1, -0.05) is 36.1 Å². The van der Waals surface area contributed by atoms with Gasteiger partial charge in [-0.3, -0.25) is 4.79 Å². The number of benzene rings is 1. The number of hydrazone groups is 1. The van der Waals surface area contributed by atoms with Crippen LogP contribution in [0.4, 0.5) is 0 Å². The van der Waals surface area contributed by atoms with Crippen molar-refractivity contribution in [3.8, 4) is 5.75 Å². The van der Waals surface area contributed by atoms with Gasteiger partial charge < -0.3 is 4.74 Å². The van der Waals surface area contributed by atoms with Gasteiger partial charge in [0.05, 0.1) is 18.6 Å². The zero-order valence-electron chi connectivity index (χ0n) is 9.83. The first-order chi connectivity index (χ1) is 8.72. The molecule has 1 heterocycles. The highest BCUT2D eigenvalue weighted by atomic mass is 32.2. The second kappa shape index (κ2) is 5.97. The Morgan fingerprint density at radius 3 is 3.00 bits per heavy atom. The summed E-state index contributed by atoms with van der Waals surface area (Å²) in [5.41, 5.74) is 0.826. The molecule has 1 aliphatic heterocycles. The molecule has 0 radical (unpaired) electrons. The number of thiocarbonyl (C=S) groups is 1. The van der Waals surface area contributed by atoms with E-state index < -0.39 is 0 Å². The largest absolute Gasteiger partial charge is 0.493 e. The minimum atomic E-state index is -0.0878. The highest BCUT2D eigenvalue weighted by molar-refractivity contribution is 8.23. The topological polar surface area (TPSA) is 41.9 Å². The molecule has 1 aromatic rings. The van der Waals surface area contributed by atoms with E-state index in [1.54, 1.807) is 6.21 Å². The second-order valence-electron chi connectivity index (χ2n) is 3.48. The zero-order valence-corrected chi connectivity index (χ0v) is 11.5. The summed E-state index contributed by atoms with van der Waals surface area (Å²) < 4.78 is 5.96. The van der Waals surface area contributed by atoms with Crippen LogP contribution < -0.4 is 4.74 Å². The third-order valence-electron chi connectivity index (χ3n) is 2.26. The molecular formula is C12H12N2O2S2. The number of rotatable bonds is 4. The number of carbonyl (C=O) groups excluding carboxylic acids is 1. The van der Waals surface area contributed by atoms with Crippen LogP contribution in [0, 0.1) is 0 Å². The second-order valence-corrected chi connectivity index (χ2v) is 5.08. The average molecular weight is 280 g/mol. The molecule has 2 rings (SSSR count). The van der Waals surface area contributed by atoms with Gasteiger partial charge in [0.25, 0.3) is 5.91 Å². The Kier molecular flexibility index (Phi) is 4.33. The number of nitrogens with zero attached hydrogens (tertiary/aromatic N) is 2. The fourth-order valence-corrected chi connectivity index (χ4v) is 2.42. The van der Waals surface area contributed by atoms with Crippen molar-refractivity contribution in [2.24, 2.45) is 5.10 Å². The van der Waals surface area contributed by atoms with Gasteiger partial charge in [0, 0.05) is 5.56 Å². The van der Waals surface area contributed by atoms with E-state index in [0.29, 0.717) is 16.7 Å². The molecule has 1 amide bonds. The van der Waals surface area contributed by atoms with Gasteiger partial charge in [-0.25, -0.2) is 0 Å². The normalized spacial score (nSPS) is 15.7. The van der Waals surface area contributed by atoms with E-state index in [2.05, 4.69) is 5.10 Å². The first-order valence-corrected chi connectivity index (χ1v) is 6.87. The molecule has 4 nitrogen and oxygen atoms in total. The van der Waals surface area contributed by atoms with Crippen molar-refractivity contribution in [1.82, 2.24) is 5.01 Å². The van der Waals surface area contributed by atoms with Crippen molar-refractivity contribution in [3.63, 3.8) is 0 Å². The van der Waals surface area contributed by atoms with Crippen LogP contribution in [-0.2, 0) is 4.79 Å². The molecule has 0 aliphatic carbocycles. The molecule has 1 fully saturated rings. The summed E-state index contributed by atoms with van der Waals surface area (Å²) in [5, 5.41) is 5.37. The van der Waals surface area contributed by atoms with E-state index in [0.717, 1.165) is 11.3 Å². The standard InChI is InChI=1S/C12H12N2O2S2/c1-2-16-10-6-4-3-5-9(10)7-13-14-11(15)8-18-12(14)17/h3-7H,2,8H2,1H3/b13-7+. The van der Waals surface area contributed by atoms with Gasteiger partial charge >= 0.3 is 0 Å². The van der Waals surface area contributed by atoms with Crippen molar-refractivity contribution in [2.45, 2.75) is 6.92 Å². The Hall–Kier alpha value is -1.40. The molecule has 6 heteroatoms. The molecule has 18 heavy (non-hydrogen) atoms. The first-order valence-electron chi connectivity index (χ1n) is 5.48. The number of hydrogen-bond donors (Lipinski definition) is 0. The zero-order chi connectivity index (χ0) is 13.0. The molecule has 0 atom stereocenters. The lowest BCUT2D eigenvalue weighted by molar-refractivity contribution is -0.123. The number of amides is 1. The van der Waals surface area contributed by atoms with Crippen LogP contribution in [0.5, 0.6) is 5.75 Å². The lowest BCUT2D eigenvalue weighted by Crippen LogP contribution is -2.22. The van der Waals surface area contributed by atoms with Gasteiger partial charge in [0.1, 0.15) is 5.75 Å². The van der Waals surface area contributed by atoms with Crippen LogP contribution >= 0.6 is 24.0 Å². The molecule has 1 saturated heterocycles. The molecule has 0 saturated carbocycles. The highest BCUT2D eigenvalue weighted by Gasteiger charge is 2.25. The Labute approximate surface area is 115 Å². The van der Waals surface area contributed by atoms with Crippen molar-refractivity contribution in [1.29, 1.82) is 0 Å². The number of ether oxygens (including phenoxy) is 1. The van der Waals surface area contributed by atoms with E-state index in [1.165, 1.54) is 16.8 Å². The molecule has 0 unspecified atom stereocenters. The molecular weight excluding hydrogens is 268 g/mol. The fraction of sp³-hybridized carbons (Fsp3) is 0.250. The maximum absolute atomic E-state index is 11.5. The minimum absolute atomic E-state index is 0.0878. The van der Waals surface area contributed by atoms with Gasteiger partial charge in [0.2, 0.25) is 0 Å². The van der Waals surface area contributed by atoms with Crippen molar-refractivity contribution < 1.29 is 9.53 Å². The highest BCUT2D eigenvalue weighted by Crippen LogP contribution is 2.20. The van der Waals surface area contributed by atoms with Crippen molar-refractivity contribution >= 4 is 40.4 Å². The quantitative estimate of drug-likeness (QED) is 0.627. The third-order valence-corrected chi connectivity index (χ3v) is 3.60. The number of carbonyl (C=O) groups is 1. The maximum atomic E-state index is 11.5. The summed E-state index contributed by atoms with van der Waals surface area (Å²) >= 11 is 6.37. The van der Waals surface area contributed by atoms with Crippen LogP contribution in [0.3, 0.4) is 0 Å². The third kappa shape index (κ3) is 2.88. The first kappa shape index (κ1) is 13.0. The lowest BCUT2D eigenvalue weighted by Gasteiger charge is -2.08. The summed E-state index contributed by atoms with van der Waals surface area (Å²) in [6.45, 7) is 2.51. The smallest absolute Gasteiger partial charge is 0.259 e. The molecule has 94 valence electrons. The summed E-state index contributed by atoms with van der Waals surface area (Å²) in [7, 11) is 0. The van der Waals surface area contributed by atoms with Crippen LogP contribution in [0.1, 0.15) is 12.5 Å². The summed E-state index contributed by atoms with van der Waals surface area (Å²) in [5.74, 6) is 1.02. The lowest BCUT2D eigenvalue weighted by atomic mass is 10.2.